The monoisotopic (exact) mass is 198 g/mol. The molecule has 0 aliphatic heterocycles. The smallest absolute Gasteiger partial charge is 0.236 e. The lowest BCUT2D eigenvalue weighted by molar-refractivity contribution is -0.122. The Morgan fingerprint density at radius 1 is 1.43 bits per heavy atom. The van der Waals surface area contributed by atoms with E-state index in [1.807, 2.05) is 6.92 Å². The molecule has 0 saturated heterocycles. The number of hydrogen-bond donors (Lipinski definition) is 2. The Bertz CT molecular complexity index is 203. The van der Waals surface area contributed by atoms with Crippen molar-refractivity contribution in [3.63, 3.8) is 0 Å². The summed E-state index contributed by atoms with van der Waals surface area (Å²) in [4.78, 5) is 11.5. The van der Waals surface area contributed by atoms with E-state index in [1.54, 1.807) is 0 Å². The first kappa shape index (κ1) is 11.5. The van der Waals surface area contributed by atoms with Gasteiger partial charge in [-0.25, -0.2) is 0 Å². The summed E-state index contributed by atoms with van der Waals surface area (Å²) in [6, 6.07) is 0.512. The average molecular weight is 198 g/mol. The summed E-state index contributed by atoms with van der Waals surface area (Å²) in [7, 11) is 0. The van der Waals surface area contributed by atoms with Crippen LogP contribution in [0.15, 0.2) is 0 Å². The van der Waals surface area contributed by atoms with Gasteiger partial charge in [-0.15, -0.1) is 0 Å². The fourth-order valence-electron chi connectivity index (χ4n) is 1.41. The van der Waals surface area contributed by atoms with E-state index >= 15 is 0 Å². The van der Waals surface area contributed by atoms with Crippen LogP contribution >= 0.6 is 0 Å². The standard InChI is InChI=1S/C11H22N2O/c1-7(2)6-12-11(14)9(4)13-10-5-8(10)3/h7-10,13H,5-6H2,1-4H3,(H,12,14). The lowest BCUT2D eigenvalue weighted by Gasteiger charge is -2.14. The van der Waals surface area contributed by atoms with E-state index in [4.69, 9.17) is 0 Å². The topological polar surface area (TPSA) is 41.1 Å². The second-order valence-corrected chi connectivity index (χ2v) is 4.85. The van der Waals surface area contributed by atoms with E-state index in [0.717, 1.165) is 12.5 Å². The predicted octanol–water partition coefficient (Wildman–Crippen LogP) is 1.15. The third-order valence-corrected chi connectivity index (χ3v) is 2.65. The first-order chi connectivity index (χ1) is 6.50. The molecule has 1 rings (SSSR count). The largest absolute Gasteiger partial charge is 0.354 e. The summed E-state index contributed by atoms with van der Waals surface area (Å²) in [6.07, 6.45) is 1.21. The first-order valence-corrected chi connectivity index (χ1v) is 5.54. The van der Waals surface area contributed by atoms with E-state index in [-0.39, 0.29) is 11.9 Å². The summed E-state index contributed by atoms with van der Waals surface area (Å²) < 4.78 is 0. The maximum absolute atomic E-state index is 11.5. The van der Waals surface area contributed by atoms with Crippen LogP contribution in [-0.2, 0) is 4.79 Å². The molecule has 0 aromatic heterocycles. The molecule has 0 bridgehead atoms. The van der Waals surface area contributed by atoms with Gasteiger partial charge in [-0.05, 0) is 25.2 Å². The summed E-state index contributed by atoms with van der Waals surface area (Å²) >= 11 is 0. The third kappa shape index (κ3) is 3.66. The normalized spacial score (nSPS) is 27.5. The van der Waals surface area contributed by atoms with Crippen LogP contribution in [0, 0.1) is 11.8 Å². The van der Waals surface area contributed by atoms with Gasteiger partial charge in [0.2, 0.25) is 5.91 Å². The van der Waals surface area contributed by atoms with E-state index in [0.29, 0.717) is 12.0 Å². The van der Waals surface area contributed by atoms with Crippen molar-refractivity contribution in [2.75, 3.05) is 6.54 Å². The van der Waals surface area contributed by atoms with Crippen molar-refractivity contribution in [3.8, 4) is 0 Å². The number of hydrogen-bond acceptors (Lipinski definition) is 2. The van der Waals surface area contributed by atoms with Gasteiger partial charge in [-0.3, -0.25) is 4.79 Å². The van der Waals surface area contributed by atoms with Gasteiger partial charge in [0.1, 0.15) is 0 Å². The zero-order valence-corrected chi connectivity index (χ0v) is 9.63. The summed E-state index contributed by atoms with van der Waals surface area (Å²) in [5.41, 5.74) is 0. The number of amides is 1. The highest BCUT2D eigenvalue weighted by atomic mass is 16.2. The second-order valence-electron chi connectivity index (χ2n) is 4.85. The maximum atomic E-state index is 11.5. The highest BCUT2D eigenvalue weighted by Gasteiger charge is 2.34. The van der Waals surface area contributed by atoms with Crippen molar-refractivity contribution in [2.24, 2.45) is 11.8 Å². The van der Waals surface area contributed by atoms with Crippen LogP contribution in [0.3, 0.4) is 0 Å². The van der Waals surface area contributed by atoms with Crippen molar-refractivity contribution < 1.29 is 4.79 Å². The number of carbonyl (C=O) groups is 1. The minimum atomic E-state index is -0.0521. The molecule has 1 aliphatic rings. The van der Waals surface area contributed by atoms with Gasteiger partial charge in [-0.1, -0.05) is 20.8 Å². The average Bonchev–Trinajstić information content (AvgIpc) is 2.77. The molecule has 3 unspecified atom stereocenters. The van der Waals surface area contributed by atoms with Crippen molar-refractivity contribution in [3.05, 3.63) is 0 Å². The van der Waals surface area contributed by atoms with Gasteiger partial charge in [0.15, 0.2) is 0 Å². The highest BCUT2D eigenvalue weighted by molar-refractivity contribution is 5.81. The molecule has 82 valence electrons. The Morgan fingerprint density at radius 3 is 2.43 bits per heavy atom. The fourth-order valence-corrected chi connectivity index (χ4v) is 1.41. The van der Waals surface area contributed by atoms with Crippen LogP contribution in [0.4, 0.5) is 0 Å². The molecule has 1 saturated carbocycles. The van der Waals surface area contributed by atoms with Gasteiger partial charge in [0.25, 0.3) is 0 Å². The molecular formula is C11H22N2O. The third-order valence-electron chi connectivity index (χ3n) is 2.65. The van der Waals surface area contributed by atoms with Crippen molar-refractivity contribution in [2.45, 2.75) is 46.2 Å². The molecule has 1 fully saturated rings. The Labute approximate surface area is 86.6 Å². The SMILES string of the molecule is CC(C)CNC(=O)C(C)NC1CC1C. The van der Waals surface area contributed by atoms with Gasteiger partial charge in [-0.2, -0.15) is 0 Å². The predicted molar refractivity (Wildman–Crippen MR) is 58.0 cm³/mol. The lowest BCUT2D eigenvalue weighted by atomic mass is 10.2. The maximum Gasteiger partial charge on any atom is 0.236 e. The zero-order chi connectivity index (χ0) is 10.7. The molecule has 0 aromatic rings. The second kappa shape index (κ2) is 4.78. The number of nitrogens with one attached hydrogen (secondary N) is 2. The molecule has 0 spiro atoms. The molecule has 0 aromatic carbocycles. The van der Waals surface area contributed by atoms with Gasteiger partial charge >= 0.3 is 0 Å². The minimum absolute atomic E-state index is 0.0521. The van der Waals surface area contributed by atoms with Crippen LogP contribution in [0.5, 0.6) is 0 Å². The summed E-state index contributed by atoms with van der Waals surface area (Å²) in [6.45, 7) is 9.10. The fraction of sp³-hybridized carbons (Fsp3) is 0.909. The van der Waals surface area contributed by atoms with Crippen molar-refractivity contribution >= 4 is 5.91 Å². The lowest BCUT2D eigenvalue weighted by Crippen LogP contribution is -2.44. The Hall–Kier alpha value is -0.570. The van der Waals surface area contributed by atoms with Crippen molar-refractivity contribution in [1.82, 2.24) is 10.6 Å². The van der Waals surface area contributed by atoms with Crippen LogP contribution in [0.25, 0.3) is 0 Å². The van der Waals surface area contributed by atoms with Gasteiger partial charge in [0.05, 0.1) is 6.04 Å². The molecule has 3 heteroatoms. The molecule has 1 aliphatic carbocycles. The number of rotatable bonds is 5. The highest BCUT2D eigenvalue weighted by Crippen LogP contribution is 2.29. The Balaban J connectivity index is 2.16. The molecule has 3 nitrogen and oxygen atoms in total. The quantitative estimate of drug-likeness (QED) is 0.695. The summed E-state index contributed by atoms with van der Waals surface area (Å²) in [5.74, 6) is 1.39. The number of carbonyl (C=O) groups excluding carboxylic acids is 1. The zero-order valence-electron chi connectivity index (χ0n) is 9.63. The summed E-state index contributed by atoms with van der Waals surface area (Å²) in [5, 5.41) is 6.24. The molecule has 2 N–H and O–H groups in total. The molecule has 14 heavy (non-hydrogen) atoms. The van der Waals surface area contributed by atoms with Crippen LogP contribution < -0.4 is 10.6 Å². The Kier molecular flexibility index (Phi) is 3.93. The van der Waals surface area contributed by atoms with E-state index in [1.165, 1.54) is 6.42 Å². The van der Waals surface area contributed by atoms with Gasteiger partial charge in [0, 0.05) is 12.6 Å². The van der Waals surface area contributed by atoms with Crippen LogP contribution in [0.2, 0.25) is 0 Å². The van der Waals surface area contributed by atoms with Crippen molar-refractivity contribution in [1.29, 1.82) is 0 Å². The van der Waals surface area contributed by atoms with E-state index in [2.05, 4.69) is 31.4 Å². The Morgan fingerprint density at radius 2 is 2.00 bits per heavy atom. The van der Waals surface area contributed by atoms with Crippen LogP contribution in [-0.4, -0.2) is 24.5 Å². The first-order valence-electron chi connectivity index (χ1n) is 5.54. The molecule has 3 atom stereocenters. The van der Waals surface area contributed by atoms with Gasteiger partial charge < -0.3 is 10.6 Å². The minimum Gasteiger partial charge on any atom is -0.354 e. The molecule has 0 heterocycles. The molecule has 0 radical (unpaired) electrons. The van der Waals surface area contributed by atoms with E-state index < -0.39 is 0 Å². The molecule has 1 amide bonds. The van der Waals surface area contributed by atoms with Crippen LogP contribution in [0.1, 0.15) is 34.1 Å². The van der Waals surface area contributed by atoms with E-state index in [9.17, 15) is 4.79 Å². The molecular weight excluding hydrogens is 176 g/mol.